The molecule has 2 rings (SSSR count). The van der Waals surface area contributed by atoms with Crippen molar-refractivity contribution in [2.24, 2.45) is 5.73 Å². The van der Waals surface area contributed by atoms with Crippen molar-refractivity contribution in [1.29, 1.82) is 0 Å². The molecule has 1 saturated heterocycles. The number of nitrogens with zero attached hydrogens (tertiary/aromatic N) is 2. The van der Waals surface area contributed by atoms with Gasteiger partial charge < -0.3 is 15.4 Å². The van der Waals surface area contributed by atoms with Crippen LogP contribution in [0.15, 0.2) is 24.5 Å². The van der Waals surface area contributed by atoms with Crippen molar-refractivity contribution >= 4 is 6.09 Å². The van der Waals surface area contributed by atoms with Crippen LogP contribution in [-0.4, -0.2) is 35.2 Å². The highest BCUT2D eigenvalue weighted by Crippen LogP contribution is 2.13. The minimum Gasteiger partial charge on any atom is -0.445 e. The van der Waals surface area contributed by atoms with Crippen molar-refractivity contribution in [2.75, 3.05) is 13.1 Å². The molecule has 1 amide bonds. The Hall–Kier alpha value is -1.62. The van der Waals surface area contributed by atoms with Gasteiger partial charge in [0, 0.05) is 31.9 Å². The van der Waals surface area contributed by atoms with Gasteiger partial charge in [-0.05, 0) is 11.6 Å². The van der Waals surface area contributed by atoms with Crippen LogP contribution in [0.3, 0.4) is 0 Å². The van der Waals surface area contributed by atoms with Gasteiger partial charge in [-0.15, -0.1) is 0 Å². The van der Waals surface area contributed by atoms with Gasteiger partial charge in [-0.2, -0.15) is 0 Å². The summed E-state index contributed by atoms with van der Waals surface area (Å²) < 4.78 is 5.16. The van der Waals surface area contributed by atoms with E-state index in [0.29, 0.717) is 19.6 Å². The molecule has 16 heavy (non-hydrogen) atoms. The van der Waals surface area contributed by atoms with E-state index in [1.54, 1.807) is 17.3 Å². The van der Waals surface area contributed by atoms with Crippen LogP contribution >= 0.6 is 0 Å². The average Bonchev–Trinajstić information content (AvgIpc) is 2.33. The molecule has 0 aliphatic carbocycles. The van der Waals surface area contributed by atoms with Gasteiger partial charge in [-0.3, -0.25) is 4.98 Å². The summed E-state index contributed by atoms with van der Waals surface area (Å²) >= 11 is 0. The van der Waals surface area contributed by atoms with E-state index in [4.69, 9.17) is 10.5 Å². The van der Waals surface area contributed by atoms with Gasteiger partial charge in [0.2, 0.25) is 0 Å². The standard InChI is InChI=1S/C11H15N3O2/c12-6-10-3-5-14(11(15)16-10)8-9-2-1-4-13-7-9/h1-2,4,7,10H,3,5-6,8,12H2. The summed E-state index contributed by atoms with van der Waals surface area (Å²) in [6.45, 7) is 1.63. The van der Waals surface area contributed by atoms with E-state index in [9.17, 15) is 4.79 Å². The number of pyridine rings is 1. The van der Waals surface area contributed by atoms with E-state index in [2.05, 4.69) is 4.98 Å². The third kappa shape index (κ3) is 2.49. The lowest BCUT2D eigenvalue weighted by molar-refractivity contribution is 0.0264. The molecule has 2 heterocycles. The van der Waals surface area contributed by atoms with E-state index in [1.165, 1.54) is 0 Å². The zero-order valence-corrected chi connectivity index (χ0v) is 9.00. The molecule has 86 valence electrons. The Morgan fingerprint density at radius 3 is 3.12 bits per heavy atom. The molecule has 1 aliphatic rings. The monoisotopic (exact) mass is 221 g/mol. The zero-order chi connectivity index (χ0) is 11.4. The minimum atomic E-state index is -0.287. The number of nitrogens with two attached hydrogens (primary N) is 1. The number of rotatable bonds is 3. The van der Waals surface area contributed by atoms with E-state index < -0.39 is 0 Å². The summed E-state index contributed by atoms with van der Waals surface area (Å²) in [4.78, 5) is 17.3. The van der Waals surface area contributed by atoms with E-state index in [1.807, 2.05) is 12.1 Å². The van der Waals surface area contributed by atoms with E-state index in [-0.39, 0.29) is 12.2 Å². The molecule has 2 N–H and O–H groups in total. The Morgan fingerprint density at radius 2 is 2.50 bits per heavy atom. The molecule has 1 atom stereocenters. The van der Waals surface area contributed by atoms with Crippen LogP contribution in [-0.2, 0) is 11.3 Å². The van der Waals surface area contributed by atoms with Gasteiger partial charge in [-0.25, -0.2) is 4.79 Å². The molecule has 1 aromatic rings. The summed E-state index contributed by atoms with van der Waals surface area (Å²) in [5.74, 6) is 0. The summed E-state index contributed by atoms with van der Waals surface area (Å²) in [7, 11) is 0. The maximum absolute atomic E-state index is 11.6. The lowest BCUT2D eigenvalue weighted by atomic mass is 10.2. The number of amides is 1. The highest BCUT2D eigenvalue weighted by molar-refractivity contribution is 5.68. The fraction of sp³-hybridized carbons (Fsp3) is 0.455. The summed E-state index contributed by atoms with van der Waals surface area (Å²) in [6, 6.07) is 3.79. The zero-order valence-electron chi connectivity index (χ0n) is 9.00. The number of carbonyl (C=O) groups is 1. The van der Waals surface area contributed by atoms with Crippen LogP contribution in [0.4, 0.5) is 4.79 Å². The number of carbonyl (C=O) groups excluding carboxylic acids is 1. The highest BCUT2D eigenvalue weighted by Gasteiger charge is 2.25. The second kappa shape index (κ2) is 4.94. The Bertz CT molecular complexity index is 356. The minimum absolute atomic E-state index is 0.127. The van der Waals surface area contributed by atoms with Gasteiger partial charge >= 0.3 is 6.09 Å². The lowest BCUT2D eigenvalue weighted by Crippen LogP contribution is -2.43. The topological polar surface area (TPSA) is 68.5 Å². The highest BCUT2D eigenvalue weighted by atomic mass is 16.6. The maximum atomic E-state index is 11.6. The molecule has 0 bridgehead atoms. The average molecular weight is 221 g/mol. The number of hydrogen-bond donors (Lipinski definition) is 1. The third-order valence-corrected chi connectivity index (χ3v) is 2.61. The Balaban J connectivity index is 1.94. The molecular weight excluding hydrogens is 206 g/mol. The predicted molar refractivity (Wildman–Crippen MR) is 58.6 cm³/mol. The number of cyclic esters (lactones) is 1. The second-order valence-corrected chi connectivity index (χ2v) is 3.81. The van der Waals surface area contributed by atoms with Crippen LogP contribution in [0.25, 0.3) is 0 Å². The van der Waals surface area contributed by atoms with Crippen molar-refractivity contribution in [3.8, 4) is 0 Å². The normalized spacial score (nSPS) is 20.7. The van der Waals surface area contributed by atoms with E-state index >= 15 is 0 Å². The summed E-state index contributed by atoms with van der Waals surface area (Å²) in [5.41, 5.74) is 6.46. The summed E-state index contributed by atoms with van der Waals surface area (Å²) in [6.07, 6.45) is 3.84. The molecule has 0 radical (unpaired) electrons. The van der Waals surface area contributed by atoms with Crippen LogP contribution in [0.5, 0.6) is 0 Å². The first-order valence-corrected chi connectivity index (χ1v) is 5.34. The van der Waals surface area contributed by atoms with Gasteiger partial charge in [-0.1, -0.05) is 6.07 Å². The van der Waals surface area contributed by atoms with Gasteiger partial charge in [0.1, 0.15) is 6.10 Å². The third-order valence-electron chi connectivity index (χ3n) is 2.61. The van der Waals surface area contributed by atoms with Gasteiger partial charge in [0.05, 0.1) is 6.54 Å². The molecule has 1 aliphatic heterocycles. The molecule has 0 saturated carbocycles. The van der Waals surface area contributed by atoms with Crippen molar-refractivity contribution in [3.05, 3.63) is 30.1 Å². The van der Waals surface area contributed by atoms with Crippen molar-refractivity contribution in [3.63, 3.8) is 0 Å². The van der Waals surface area contributed by atoms with Crippen LogP contribution in [0.2, 0.25) is 0 Å². The first-order valence-electron chi connectivity index (χ1n) is 5.34. The molecule has 0 spiro atoms. The number of ether oxygens (including phenoxy) is 1. The fourth-order valence-corrected chi connectivity index (χ4v) is 1.69. The molecule has 5 nitrogen and oxygen atoms in total. The van der Waals surface area contributed by atoms with Gasteiger partial charge in [0.25, 0.3) is 0 Å². The molecule has 1 fully saturated rings. The smallest absolute Gasteiger partial charge is 0.410 e. The van der Waals surface area contributed by atoms with E-state index in [0.717, 1.165) is 12.0 Å². The molecule has 1 unspecified atom stereocenters. The Morgan fingerprint density at radius 1 is 1.62 bits per heavy atom. The lowest BCUT2D eigenvalue weighted by Gasteiger charge is -2.31. The number of hydrogen-bond acceptors (Lipinski definition) is 4. The molecular formula is C11H15N3O2. The largest absolute Gasteiger partial charge is 0.445 e. The van der Waals surface area contributed by atoms with Crippen molar-refractivity contribution < 1.29 is 9.53 Å². The Labute approximate surface area is 94.2 Å². The first-order chi connectivity index (χ1) is 7.79. The molecule has 1 aromatic heterocycles. The Kier molecular flexibility index (Phi) is 3.36. The SMILES string of the molecule is NCC1CCN(Cc2cccnc2)C(=O)O1. The quantitative estimate of drug-likeness (QED) is 0.817. The van der Waals surface area contributed by atoms with Crippen LogP contribution in [0.1, 0.15) is 12.0 Å². The van der Waals surface area contributed by atoms with Crippen LogP contribution < -0.4 is 5.73 Å². The predicted octanol–water partition coefficient (Wildman–Crippen LogP) is 0.751. The number of aromatic nitrogens is 1. The van der Waals surface area contributed by atoms with Crippen molar-refractivity contribution in [1.82, 2.24) is 9.88 Å². The maximum Gasteiger partial charge on any atom is 0.410 e. The second-order valence-electron chi connectivity index (χ2n) is 3.81. The molecule has 5 heteroatoms. The van der Waals surface area contributed by atoms with Gasteiger partial charge in [0.15, 0.2) is 0 Å². The first kappa shape index (κ1) is 10.9. The van der Waals surface area contributed by atoms with Crippen molar-refractivity contribution in [2.45, 2.75) is 19.1 Å². The van der Waals surface area contributed by atoms with Crippen LogP contribution in [0, 0.1) is 0 Å². The molecule has 0 aromatic carbocycles. The fourth-order valence-electron chi connectivity index (χ4n) is 1.69. The summed E-state index contributed by atoms with van der Waals surface area (Å²) in [5, 5.41) is 0.